The third kappa shape index (κ3) is 4.04. The maximum Gasteiger partial charge on any atom is 0.320 e. The molecule has 33 heavy (non-hydrogen) atoms. The Morgan fingerprint density at radius 1 is 1.24 bits per heavy atom. The normalized spacial score (nSPS) is 22.0. The van der Waals surface area contributed by atoms with Gasteiger partial charge >= 0.3 is 6.03 Å². The highest BCUT2D eigenvalue weighted by molar-refractivity contribution is 7.93. The number of aromatic nitrogens is 3. The van der Waals surface area contributed by atoms with E-state index in [-0.39, 0.29) is 17.3 Å². The fraction of sp³-hybridized carbons (Fsp3) is 0.545. The van der Waals surface area contributed by atoms with Gasteiger partial charge in [-0.1, -0.05) is 0 Å². The SMILES string of the molecule is CNC(=O)Nc1ccc(-c2nc(N3CCOC[C@@H]3C)cc(C3(S(=O)(=O)C4CC4)CC3)n2)cn1. The Morgan fingerprint density at radius 3 is 2.64 bits per heavy atom. The summed E-state index contributed by atoms with van der Waals surface area (Å²) < 4.78 is 31.3. The van der Waals surface area contributed by atoms with Crippen molar-refractivity contribution in [2.75, 3.05) is 37.0 Å². The van der Waals surface area contributed by atoms with Crippen LogP contribution in [0.15, 0.2) is 24.4 Å². The molecule has 1 saturated heterocycles. The molecule has 2 aromatic heterocycles. The van der Waals surface area contributed by atoms with Crippen molar-refractivity contribution in [3.8, 4) is 11.4 Å². The maximum absolute atomic E-state index is 13.3. The van der Waals surface area contributed by atoms with E-state index in [0.29, 0.717) is 61.3 Å². The van der Waals surface area contributed by atoms with Gasteiger partial charge in [-0.2, -0.15) is 0 Å². The van der Waals surface area contributed by atoms with Gasteiger partial charge in [0.1, 0.15) is 16.4 Å². The third-order valence-electron chi connectivity index (χ3n) is 6.54. The predicted octanol–water partition coefficient (Wildman–Crippen LogP) is 2.08. The fourth-order valence-electron chi connectivity index (χ4n) is 4.29. The number of carbonyl (C=O) groups excluding carboxylic acids is 1. The molecule has 3 fully saturated rings. The standard InChI is InChI=1S/C22H28N6O4S/c1-14-13-32-10-9-28(14)19-11-17(22(7-8-22)33(30,31)16-4-5-16)25-20(27-19)15-3-6-18(24-12-15)26-21(29)23-2/h3,6,11-12,14,16H,4-5,7-10,13H2,1-2H3,(H2,23,24,26,29)/t14-/m0/s1. The molecule has 2 amide bonds. The number of nitrogens with one attached hydrogen (secondary N) is 2. The molecule has 2 aliphatic carbocycles. The summed E-state index contributed by atoms with van der Waals surface area (Å²) in [5.41, 5.74) is 1.22. The number of urea groups is 1. The van der Waals surface area contributed by atoms with E-state index in [9.17, 15) is 13.2 Å². The fourth-order valence-corrected chi connectivity index (χ4v) is 6.75. The number of amides is 2. The number of ether oxygens (including phenoxy) is 1. The predicted molar refractivity (Wildman–Crippen MR) is 124 cm³/mol. The van der Waals surface area contributed by atoms with E-state index in [0.717, 1.165) is 12.8 Å². The van der Waals surface area contributed by atoms with E-state index < -0.39 is 14.6 Å². The molecule has 2 saturated carbocycles. The smallest absolute Gasteiger partial charge is 0.320 e. The largest absolute Gasteiger partial charge is 0.377 e. The maximum atomic E-state index is 13.3. The van der Waals surface area contributed by atoms with Gasteiger partial charge in [0.2, 0.25) is 0 Å². The summed E-state index contributed by atoms with van der Waals surface area (Å²) in [4.78, 5) is 27.5. The second kappa shape index (κ2) is 8.21. The molecule has 3 heterocycles. The molecule has 11 heteroatoms. The zero-order valence-electron chi connectivity index (χ0n) is 18.7. The first-order chi connectivity index (χ1) is 15.8. The average molecular weight is 473 g/mol. The first-order valence-electron chi connectivity index (χ1n) is 11.3. The van der Waals surface area contributed by atoms with E-state index in [1.165, 1.54) is 7.05 Å². The van der Waals surface area contributed by atoms with Gasteiger partial charge in [0, 0.05) is 31.4 Å². The second-order valence-electron chi connectivity index (χ2n) is 8.93. The van der Waals surface area contributed by atoms with Crippen molar-refractivity contribution in [3.05, 3.63) is 30.1 Å². The number of rotatable bonds is 6. The van der Waals surface area contributed by atoms with Crippen LogP contribution in [0.25, 0.3) is 11.4 Å². The van der Waals surface area contributed by atoms with Gasteiger partial charge in [-0.25, -0.2) is 28.2 Å². The summed E-state index contributed by atoms with van der Waals surface area (Å²) in [7, 11) is -1.77. The summed E-state index contributed by atoms with van der Waals surface area (Å²) in [5, 5.41) is 4.85. The summed E-state index contributed by atoms with van der Waals surface area (Å²) in [6, 6.07) is 5.05. The van der Waals surface area contributed by atoms with Crippen molar-refractivity contribution in [2.24, 2.45) is 0 Å². The minimum absolute atomic E-state index is 0.113. The monoisotopic (exact) mass is 472 g/mol. The van der Waals surface area contributed by atoms with Gasteiger partial charge in [-0.15, -0.1) is 0 Å². The number of carbonyl (C=O) groups is 1. The molecule has 1 atom stereocenters. The van der Waals surface area contributed by atoms with Crippen LogP contribution in [0.4, 0.5) is 16.4 Å². The number of anilines is 2. The van der Waals surface area contributed by atoms with Crippen LogP contribution in [0.5, 0.6) is 0 Å². The first kappa shape index (κ1) is 22.0. The summed E-state index contributed by atoms with van der Waals surface area (Å²) >= 11 is 0. The zero-order chi connectivity index (χ0) is 23.2. The molecule has 3 aliphatic rings. The summed E-state index contributed by atoms with van der Waals surface area (Å²) in [6.07, 6.45) is 4.24. The summed E-state index contributed by atoms with van der Waals surface area (Å²) in [5.74, 6) is 1.53. The molecule has 176 valence electrons. The Morgan fingerprint density at radius 2 is 2.03 bits per heavy atom. The molecule has 2 N–H and O–H groups in total. The molecule has 0 bridgehead atoms. The molecule has 5 rings (SSSR count). The molecular weight excluding hydrogens is 444 g/mol. The lowest BCUT2D eigenvalue weighted by Crippen LogP contribution is -2.44. The van der Waals surface area contributed by atoms with Crippen LogP contribution >= 0.6 is 0 Å². The van der Waals surface area contributed by atoms with E-state index in [1.54, 1.807) is 18.3 Å². The Bertz CT molecular complexity index is 1160. The number of nitrogens with zero attached hydrogens (tertiary/aromatic N) is 4. The highest BCUT2D eigenvalue weighted by Gasteiger charge is 2.61. The Kier molecular flexibility index (Phi) is 5.48. The Labute approximate surface area is 193 Å². The van der Waals surface area contributed by atoms with Gasteiger partial charge in [-0.3, -0.25) is 5.32 Å². The Hall–Kier alpha value is -2.79. The van der Waals surface area contributed by atoms with Gasteiger partial charge in [0.25, 0.3) is 0 Å². The molecule has 10 nitrogen and oxygen atoms in total. The first-order valence-corrected chi connectivity index (χ1v) is 12.8. The van der Waals surface area contributed by atoms with Crippen LogP contribution in [0.3, 0.4) is 0 Å². The van der Waals surface area contributed by atoms with Gasteiger partial charge in [0.05, 0.1) is 30.2 Å². The molecule has 0 aromatic carbocycles. The number of sulfone groups is 1. The third-order valence-corrected chi connectivity index (χ3v) is 9.60. The van der Waals surface area contributed by atoms with Crippen LogP contribution in [0, 0.1) is 0 Å². The minimum atomic E-state index is -3.29. The van der Waals surface area contributed by atoms with Crippen LogP contribution in [-0.2, 0) is 19.3 Å². The molecule has 2 aromatic rings. The average Bonchev–Trinajstić information content (AvgIpc) is 3.72. The van der Waals surface area contributed by atoms with Crippen molar-refractivity contribution in [1.82, 2.24) is 20.3 Å². The van der Waals surface area contributed by atoms with E-state index in [1.807, 2.05) is 6.07 Å². The van der Waals surface area contributed by atoms with Crippen molar-refractivity contribution in [3.63, 3.8) is 0 Å². The van der Waals surface area contributed by atoms with Gasteiger partial charge in [-0.05, 0) is 44.7 Å². The quantitative estimate of drug-likeness (QED) is 0.654. The van der Waals surface area contributed by atoms with E-state index >= 15 is 0 Å². The number of hydrogen-bond donors (Lipinski definition) is 2. The van der Waals surface area contributed by atoms with E-state index in [4.69, 9.17) is 14.7 Å². The summed E-state index contributed by atoms with van der Waals surface area (Å²) in [6.45, 7) is 3.91. The minimum Gasteiger partial charge on any atom is -0.377 e. The van der Waals surface area contributed by atoms with E-state index in [2.05, 4.69) is 27.4 Å². The zero-order valence-corrected chi connectivity index (χ0v) is 19.6. The van der Waals surface area contributed by atoms with Crippen molar-refractivity contribution in [2.45, 2.75) is 48.6 Å². The topological polar surface area (TPSA) is 126 Å². The van der Waals surface area contributed by atoms with Crippen molar-refractivity contribution < 1.29 is 17.9 Å². The second-order valence-corrected chi connectivity index (χ2v) is 11.5. The number of hydrogen-bond acceptors (Lipinski definition) is 8. The lowest BCUT2D eigenvalue weighted by atomic mass is 10.2. The highest BCUT2D eigenvalue weighted by Crippen LogP contribution is 2.57. The molecule has 0 radical (unpaired) electrons. The number of pyridine rings is 1. The lowest BCUT2D eigenvalue weighted by Gasteiger charge is -2.34. The number of morpholine rings is 1. The highest BCUT2D eigenvalue weighted by atomic mass is 32.2. The van der Waals surface area contributed by atoms with Crippen molar-refractivity contribution >= 4 is 27.5 Å². The van der Waals surface area contributed by atoms with Gasteiger partial charge in [0.15, 0.2) is 15.7 Å². The van der Waals surface area contributed by atoms with Crippen LogP contribution in [-0.4, -0.2) is 67.5 Å². The van der Waals surface area contributed by atoms with Crippen LogP contribution < -0.4 is 15.5 Å². The Balaban J connectivity index is 1.55. The van der Waals surface area contributed by atoms with Crippen LogP contribution in [0.1, 0.15) is 38.3 Å². The van der Waals surface area contributed by atoms with Crippen molar-refractivity contribution in [1.29, 1.82) is 0 Å². The molecule has 1 aliphatic heterocycles. The molecule has 0 unspecified atom stereocenters. The lowest BCUT2D eigenvalue weighted by molar-refractivity contribution is 0.0985. The van der Waals surface area contributed by atoms with Gasteiger partial charge < -0.3 is 15.0 Å². The molecule has 0 spiro atoms. The van der Waals surface area contributed by atoms with Crippen LogP contribution in [0.2, 0.25) is 0 Å². The molecular formula is C22H28N6O4S.